The van der Waals surface area contributed by atoms with E-state index in [1.807, 2.05) is 6.92 Å². The van der Waals surface area contributed by atoms with Crippen molar-refractivity contribution in [2.45, 2.75) is 32.9 Å². The van der Waals surface area contributed by atoms with Crippen molar-refractivity contribution >= 4 is 0 Å². The minimum atomic E-state index is -0.514. The van der Waals surface area contributed by atoms with Crippen LogP contribution >= 0.6 is 0 Å². The SMILES string of the molecule is CCCC(C)C(O)N(C)CO. The van der Waals surface area contributed by atoms with Crippen LogP contribution < -0.4 is 0 Å². The van der Waals surface area contributed by atoms with Gasteiger partial charge in [0, 0.05) is 0 Å². The van der Waals surface area contributed by atoms with Crippen molar-refractivity contribution in [3.8, 4) is 0 Å². The van der Waals surface area contributed by atoms with Gasteiger partial charge in [-0.05, 0) is 19.4 Å². The van der Waals surface area contributed by atoms with Crippen molar-refractivity contribution in [3.05, 3.63) is 0 Å². The third kappa shape index (κ3) is 3.70. The third-order valence-corrected chi connectivity index (χ3v) is 1.93. The molecular formula is C8H19NO2. The first kappa shape index (κ1) is 10.9. The van der Waals surface area contributed by atoms with Crippen molar-refractivity contribution in [1.29, 1.82) is 0 Å². The highest BCUT2D eigenvalue weighted by atomic mass is 16.3. The molecule has 0 aliphatic heterocycles. The summed E-state index contributed by atoms with van der Waals surface area (Å²) < 4.78 is 0. The fraction of sp³-hybridized carbons (Fsp3) is 1.00. The monoisotopic (exact) mass is 161 g/mol. The van der Waals surface area contributed by atoms with E-state index in [-0.39, 0.29) is 12.6 Å². The summed E-state index contributed by atoms with van der Waals surface area (Å²) in [6.07, 6.45) is 1.54. The highest BCUT2D eigenvalue weighted by molar-refractivity contribution is 4.61. The lowest BCUT2D eigenvalue weighted by atomic mass is 10.0. The fourth-order valence-electron chi connectivity index (χ4n) is 1.12. The van der Waals surface area contributed by atoms with Crippen molar-refractivity contribution in [3.63, 3.8) is 0 Å². The molecule has 3 nitrogen and oxygen atoms in total. The number of nitrogens with zero attached hydrogens (tertiary/aromatic N) is 1. The van der Waals surface area contributed by atoms with E-state index in [1.54, 1.807) is 7.05 Å². The average Bonchev–Trinajstić information content (AvgIpc) is 2.02. The first-order valence-corrected chi connectivity index (χ1v) is 4.12. The van der Waals surface area contributed by atoms with Gasteiger partial charge >= 0.3 is 0 Å². The zero-order valence-electron chi connectivity index (χ0n) is 7.62. The molecule has 0 radical (unpaired) electrons. The maximum Gasteiger partial charge on any atom is 0.111 e. The van der Waals surface area contributed by atoms with Crippen LogP contribution in [0.4, 0.5) is 0 Å². The van der Waals surface area contributed by atoms with Gasteiger partial charge in [0.1, 0.15) is 6.23 Å². The minimum absolute atomic E-state index is 0.0881. The Labute approximate surface area is 68.6 Å². The second-order valence-corrected chi connectivity index (χ2v) is 3.08. The van der Waals surface area contributed by atoms with Gasteiger partial charge in [0.2, 0.25) is 0 Å². The van der Waals surface area contributed by atoms with Gasteiger partial charge in [-0.25, -0.2) is 0 Å². The van der Waals surface area contributed by atoms with E-state index >= 15 is 0 Å². The van der Waals surface area contributed by atoms with Gasteiger partial charge in [-0.2, -0.15) is 0 Å². The highest BCUT2D eigenvalue weighted by Gasteiger charge is 2.16. The van der Waals surface area contributed by atoms with Gasteiger partial charge in [0.25, 0.3) is 0 Å². The van der Waals surface area contributed by atoms with Crippen molar-refractivity contribution < 1.29 is 10.2 Å². The maximum atomic E-state index is 9.48. The Morgan fingerprint density at radius 2 is 2.00 bits per heavy atom. The molecule has 0 spiro atoms. The van der Waals surface area contributed by atoms with Crippen molar-refractivity contribution in [2.24, 2.45) is 5.92 Å². The zero-order chi connectivity index (χ0) is 8.85. The summed E-state index contributed by atoms with van der Waals surface area (Å²) in [6, 6.07) is 0. The van der Waals surface area contributed by atoms with Gasteiger partial charge in [0.15, 0.2) is 0 Å². The van der Waals surface area contributed by atoms with Crippen LogP contribution in [0.25, 0.3) is 0 Å². The molecule has 68 valence electrons. The lowest BCUT2D eigenvalue weighted by molar-refractivity contribution is -0.0607. The van der Waals surface area contributed by atoms with Crippen LogP contribution in [0.2, 0.25) is 0 Å². The smallest absolute Gasteiger partial charge is 0.111 e. The zero-order valence-corrected chi connectivity index (χ0v) is 7.62. The predicted molar refractivity (Wildman–Crippen MR) is 44.9 cm³/mol. The molecule has 2 N–H and O–H groups in total. The standard InChI is InChI=1S/C8H19NO2/c1-4-5-7(2)8(11)9(3)6-10/h7-8,10-11H,4-6H2,1-3H3. The summed E-state index contributed by atoms with van der Waals surface area (Å²) in [5, 5.41) is 18.2. The first-order chi connectivity index (χ1) is 5.13. The minimum Gasteiger partial charge on any atom is -0.381 e. The Hall–Kier alpha value is -0.120. The first-order valence-electron chi connectivity index (χ1n) is 4.12. The second-order valence-electron chi connectivity index (χ2n) is 3.08. The summed E-state index contributed by atoms with van der Waals surface area (Å²) in [7, 11) is 1.71. The molecule has 0 aromatic rings. The van der Waals surface area contributed by atoms with Crippen LogP contribution in [0.5, 0.6) is 0 Å². The summed E-state index contributed by atoms with van der Waals surface area (Å²) in [5.41, 5.74) is 0. The van der Waals surface area contributed by atoms with Crippen molar-refractivity contribution in [2.75, 3.05) is 13.8 Å². The highest BCUT2D eigenvalue weighted by Crippen LogP contribution is 2.12. The van der Waals surface area contributed by atoms with Crippen LogP contribution in [-0.4, -0.2) is 35.1 Å². The van der Waals surface area contributed by atoms with Gasteiger partial charge in [-0.3, -0.25) is 4.90 Å². The van der Waals surface area contributed by atoms with Gasteiger partial charge in [0.05, 0.1) is 6.73 Å². The van der Waals surface area contributed by atoms with Crippen LogP contribution in [0.3, 0.4) is 0 Å². The molecule has 2 unspecified atom stereocenters. The molecule has 0 saturated heterocycles. The molecule has 2 atom stereocenters. The molecule has 0 aromatic heterocycles. The fourth-order valence-corrected chi connectivity index (χ4v) is 1.12. The molecule has 11 heavy (non-hydrogen) atoms. The largest absolute Gasteiger partial charge is 0.381 e. The Morgan fingerprint density at radius 3 is 2.36 bits per heavy atom. The Balaban J connectivity index is 3.70. The van der Waals surface area contributed by atoms with E-state index in [9.17, 15) is 5.11 Å². The van der Waals surface area contributed by atoms with Crippen molar-refractivity contribution in [1.82, 2.24) is 4.90 Å². The second kappa shape index (κ2) is 5.52. The van der Waals surface area contributed by atoms with Crippen LogP contribution in [0.15, 0.2) is 0 Å². The Bertz CT molecular complexity index is 98.1. The molecule has 0 saturated carbocycles. The number of aliphatic hydroxyl groups is 2. The lowest BCUT2D eigenvalue weighted by Gasteiger charge is -2.26. The quantitative estimate of drug-likeness (QED) is 0.581. The van der Waals surface area contributed by atoms with E-state index in [1.165, 1.54) is 4.90 Å². The number of aliphatic hydroxyl groups excluding tert-OH is 2. The molecule has 0 rings (SSSR count). The van der Waals surface area contributed by atoms with Gasteiger partial charge < -0.3 is 10.2 Å². The molecule has 0 aliphatic rings. The van der Waals surface area contributed by atoms with Crippen LogP contribution in [0.1, 0.15) is 26.7 Å². The number of rotatable bonds is 5. The molecule has 0 aliphatic carbocycles. The average molecular weight is 161 g/mol. The van der Waals surface area contributed by atoms with Crippen LogP contribution in [-0.2, 0) is 0 Å². The Morgan fingerprint density at radius 1 is 1.45 bits per heavy atom. The normalized spacial score (nSPS) is 16.9. The summed E-state index contributed by atoms with van der Waals surface area (Å²) in [5.74, 6) is 0.233. The number of hydrogen-bond donors (Lipinski definition) is 2. The van der Waals surface area contributed by atoms with Gasteiger partial charge in [-0.15, -0.1) is 0 Å². The van der Waals surface area contributed by atoms with E-state index in [4.69, 9.17) is 5.11 Å². The van der Waals surface area contributed by atoms with E-state index in [0.29, 0.717) is 0 Å². The predicted octanol–water partition coefficient (Wildman–Crippen LogP) is 0.623. The third-order valence-electron chi connectivity index (χ3n) is 1.93. The molecule has 0 amide bonds. The molecule has 3 heteroatoms. The lowest BCUT2D eigenvalue weighted by Crippen LogP contribution is -2.37. The van der Waals surface area contributed by atoms with E-state index in [2.05, 4.69) is 6.92 Å². The molecule has 0 heterocycles. The summed E-state index contributed by atoms with van der Waals surface area (Å²) in [6.45, 7) is 3.98. The topological polar surface area (TPSA) is 43.7 Å². The van der Waals surface area contributed by atoms with Crippen LogP contribution in [0, 0.1) is 5.92 Å². The molecule has 0 fully saturated rings. The summed E-state index contributed by atoms with van der Waals surface area (Å²) in [4.78, 5) is 1.53. The maximum absolute atomic E-state index is 9.48. The summed E-state index contributed by atoms with van der Waals surface area (Å²) >= 11 is 0. The van der Waals surface area contributed by atoms with E-state index < -0.39 is 6.23 Å². The Kier molecular flexibility index (Phi) is 5.46. The number of hydrogen-bond acceptors (Lipinski definition) is 3. The molecule has 0 bridgehead atoms. The molecular weight excluding hydrogens is 142 g/mol. The van der Waals surface area contributed by atoms with Gasteiger partial charge in [-0.1, -0.05) is 20.3 Å². The van der Waals surface area contributed by atoms with E-state index in [0.717, 1.165) is 12.8 Å². The molecule has 0 aromatic carbocycles.